The fourth-order valence-electron chi connectivity index (χ4n) is 4.31. The van der Waals surface area contributed by atoms with Crippen LogP contribution in [0, 0.1) is 10.8 Å². The molecule has 3 atom stereocenters. The Bertz CT molecular complexity index is 506. The van der Waals surface area contributed by atoms with E-state index in [2.05, 4.69) is 0 Å². The fourth-order valence-corrected chi connectivity index (χ4v) is 4.31. The van der Waals surface area contributed by atoms with Crippen LogP contribution < -0.4 is 0 Å². The summed E-state index contributed by atoms with van der Waals surface area (Å²) < 4.78 is 0. The lowest BCUT2D eigenvalue weighted by atomic mass is 9.61. The minimum absolute atomic E-state index is 0.309. The molecule has 0 aromatic carbocycles. The molecule has 0 radical (unpaired) electrons. The molecule has 0 heterocycles. The number of aliphatic hydroxyl groups is 3. The highest BCUT2D eigenvalue weighted by Crippen LogP contribution is 2.68. The van der Waals surface area contributed by atoms with E-state index in [4.69, 9.17) is 0 Å². The van der Waals surface area contributed by atoms with Crippen LogP contribution in [-0.4, -0.2) is 38.4 Å². The van der Waals surface area contributed by atoms with E-state index in [9.17, 15) is 20.1 Å². The third kappa shape index (κ3) is 1.23. The van der Waals surface area contributed by atoms with E-state index in [1.165, 1.54) is 6.92 Å². The molecule has 0 aromatic rings. The molecule has 3 rings (SSSR count). The van der Waals surface area contributed by atoms with E-state index in [1.54, 1.807) is 6.92 Å². The van der Waals surface area contributed by atoms with Gasteiger partial charge in [0.15, 0.2) is 5.78 Å². The Kier molecular flexibility index (Phi) is 2.19. The van der Waals surface area contributed by atoms with E-state index in [1.807, 2.05) is 13.8 Å². The molecular weight excluding hydrogens is 244 g/mol. The molecule has 0 amide bonds. The number of carbonyl (C=O) groups excluding carboxylic acids is 1. The molecule has 19 heavy (non-hydrogen) atoms. The third-order valence-corrected chi connectivity index (χ3v) is 5.83. The van der Waals surface area contributed by atoms with E-state index in [0.29, 0.717) is 30.4 Å². The van der Waals surface area contributed by atoms with Crippen molar-refractivity contribution in [1.82, 2.24) is 0 Å². The molecular formula is C15H22O4. The Morgan fingerprint density at radius 3 is 2.05 bits per heavy atom. The van der Waals surface area contributed by atoms with Crippen molar-refractivity contribution in [2.45, 2.75) is 64.3 Å². The summed E-state index contributed by atoms with van der Waals surface area (Å²) in [6, 6.07) is 0. The van der Waals surface area contributed by atoms with E-state index in [0.717, 1.165) is 0 Å². The average Bonchev–Trinajstić information content (AvgIpc) is 3.02. The zero-order valence-electron chi connectivity index (χ0n) is 11.9. The van der Waals surface area contributed by atoms with Crippen molar-refractivity contribution in [2.75, 3.05) is 0 Å². The smallest absolute Gasteiger partial charge is 0.190 e. The Balaban J connectivity index is 2.24. The van der Waals surface area contributed by atoms with Gasteiger partial charge >= 0.3 is 0 Å². The standard InChI is InChI=1S/C15H22O4/c1-12(2)7-8-9(11(12)17)13(3,18)15(5-6-15)14(4,19)10(8)16/h11,17-19H,5-7H2,1-4H3/t11-,13+,14+/m1/s1. The summed E-state index contributed by atoms with van der Waals surface area (Å²) in [5.74, 6) is -0.309. The van der Waals surface area contributed by atoms with Gasteiger partial charge < -0.3 is 15.3 Å². The number of carbonyl (C=O) groups is 1. The van der Waals surface area contributed by atoms with Gasteiger partial charge in [0.05, 0.1) is 11.7 Å². The summed E-state index contributed by atoms with van der Waals surface area (Å²) >= 11 is 0. The van der Waals surface area contributed by atoms with Crippen LogP contribution in [0.3, 0.4) is 0 Å². The summed E-state index contributed by atoms with van der Waals surface area (Å²) in [4.78, 5) is 12.6. The largest absolute Gasteiger partial charge is 0.388 e. The predicted octanol–water partition coefficient (Wildman–Crippen LogP) is 0.939. The van der Waals surface area contributed by atoms with Gasteiger partial charge in [-0.05, 0) is 44.1 Å². The van der Waals surface area contributed by atoms with Gasteiger partial charge in [-0.25, -0.2) is 0 Å². The first-order chi connectivity index (χ1) is 8.49. The van der Waals surface area contributed by atoms with Gasteiger partial charge in [-0.1, -0.05) is 13.8 Å². The van der Waals surface area contributed by atoms with Crippen molar-refractivity contribution in [2.24, 2.45) is 10.8 Å². The molecule has 1 spiro atoms. The van der Waals surface area contributed by atoms with Crippen LogP contribution >= 0.6 is 0 Å². The van der Waals surface area contributed by atoms with Crippen molar-refractivity contribution in [3.8, 4) is 0 Å². The number of hydrogen-bond donors (Lipinski definition) is 3. The second kappa shape index (κ2) is 3.13. The van der Waals surface area contributed by atoms with Gasteiger partial charge in [-0.2, -0.15) is 0 Å². The second-order valence-electron chi connectivity index (χ2n) is 7.52. The highest BCUT2D eigenvalue weighted by atomic mass is 16.3. The topological polar surface area (TPSA) is 77.8 Å². The lowest BCUT2D eigenvalue weighted by Crippen LogP contribution is -2.61. The summed E-state index contributed by atoms with van der Waals surface area (Å²) in [6.07, 6.45) is 0.811. The van der Waals surface area contributed by atoms with Crippen LogP contribution in [0.1, 0.15) is 47.0 Å². The Labute approximate surface area is 113 Å². The molecule has 3 aliphatic carbocycles. The van der Waals surface area contributed by atoms with Crippen molar-refractivity contribution in [3.63, 3.8) is 0 Å². The molecule has 4 nitrogen and oxygen atoms in total. The number of rotatable bonds is 0. The highest BCUT2D eigenvalue weighted by Gasteiger charge is 2.74. The predicted molar refractivity (Wildman–Crippen MR) is 69.4 cm³/mol. The summed E-state index contributed by atoms with van der Waals surface area (Å²) in [5.41, 5.74) is -3.25. The molecule has 1 saturated carbocycles. The fraction of sp³-hybridized carbons (Fsp3) is 0.800. The highest BCUT2D eigenvalue weighted by molar-refractivity contribution is 6.06. The molecule has 1 fully saturated rings. The lowest BCUT2D eigenvalue weighted by Gasteiger charge is -2.48. The zero-order chi connectivity index (χ0) is 14.4. The van der Waals surface area contributed by atoms with Crippen LogP contribution in [0.2, 0.25) is 0 Å². The van der Waals surface area contributed by atoms with Gasteiger partial charge in [-0.3, -0.25) is 4.79 Å². The van der Waals surface area contributed by atoms with E-state index >= 15 is 0 Å². The molecule has 0 saturated heterocycles. The van der Waals surface area contributed by atoms with Crippen molar-refractivity contribution in [3.05, 3.63) is 11.1 Å². The molecule has 0 unspecified atom stereocenters. The van der Waals surface area contributed by atoms with Crippen LogP contribution in [0.4, 0.5) is 0 Å². The van der Waals surface area contributed by atoms with E-state index in [-0.39, 0.29) is 5.78 Å². The maximum atomic E-state index is 12.6. The maximum absolute atomic E-state index is 12.6. The first-order valence-electron chi connectivity index (χ1n) is 6.90. The Morgan fingerprint density at radius 1 is 1.05 bits per heavy atom. The van der Waals surface area contributed by atoms with Gasteiger partial charge in [0.25, 0.3) is 0 Å². The molecule has 4 heteroatoms. The average molecular weight is 266 g/mol. The van der Waals surface area contributed by atoms with Crippen LogP contribution in [0.25, 0.3) is 0 Å². The molecule has 0 aliphatic heterocycles. The molecule has 0 aromatic heterocycles. The van der Waals surface area contributed by atoms with Gasteiger partial charge in [0.1, 0.15) is 5.60 Å². The second-order valence-corrected chi connectivity index (χ2v) is 7.52. The Morgan fingerprint density at radius 2 is 1.58 bits per heavy atom. The Hall–Kier alpha value is -0.710. The monoisotopic (exact) mass is 266 g/mol. The SMILES string of the molecule is CC1(C)CC2=C([C@H]1O)[C@](C)(O)C1(CC1)[C@@](C)(O)C2=O. The molecule has 3 aliphatic rings. The quantitative estimate of drug-likeness (QED) is 0.610. The third-order valence-electron chi connectivity index (χ3n) is 5.83. The number of ketones is 1. The van der Waals surface area contributed by atoms with Gasteiger partial charge in [-0.15, -0.1) is 0 Å². The summed E-state index contributed by atoms with van der Waals surface area (Å²) in [6.45, 7) is 6.92. The number of Topliss-reactive ketones (excluding diaryl/α,β-unsaturated/α-hetero) is 1. The maximum Gasteiger partial charge on any atom is 0.190 e. The number of aliphatic hydroxyl groups excluding tert-OH is 1. The minimum Gasteiger partial charge on any atom is -0.388 e. The zero-order valence-corrected chi connectivity index (χ0v) is 11.9. The van der Waals surface area contributed by atoms with Crippen LogP contribution in [-0.2, 0) is 4.79 Å². The van der Waals surface area contributed by atoms with Crippen molar-refractivity contribution in [1.29, 1.82) is 0 Å². The molecule has 3 N–H and O–H groups in total. The lowest BCUT2D eigenvalue weighted by molar-refractivity contribution is -0.159. The molecule has 0 bridgehead atoms. The minimum atomic E-state index is -1.53. The van der Waals surface area contributed by atoms with Crippen molar-refractivity contribution < 1.29 is 20.1 Å². The first-order valence-corrected chi connectivity index (χ1v) is 6.90. The normalized spacial score (nSPS) is 46.7. The van der Waals surface area contributed by atoms with Gasteiger partial charge in [0.2, 0.25) is 0 Å². The van der Waals surface area contributed by atoms with Crippen LogP contribution in [0.5, 0.6) is 0 Å². The summed E-state index contributed by atoms with van der Waals surface area (Å²) in [7, 11) is 0. The number of hydrogen-bond acceptors (Lipinski definition) is 4. The molecule has 106 valence electrons. The summed E-state index contributed by atoms with van der Waals surface area (Å²) in [5, 5.41) is 32.1. The van der Waals surface area contributed by atoms with Gasteiger partial charge in [0, 0.05) is 11.0 Å². The van der Waals surface area contributed by atoms with E-state index < -0.39 is 28.1 Å². The van der Waals surface area contributed by atoms with Crippen molar-refractivity contribution >= 4 is 5.78 Å². The first kappa shape index (κ1) is 13.3. The van der Waals surface area contributed by atoms with Crippen LogP contribution in [0.15, 0.2) is 11.1 Å².